The van der Waals surface area contributed by atoms with E-state index in [2.05, 4.69) is 19.6 Å². The van der Waals surface area contributed by atoms with Crippen LogP contribution in [0.2, 0.25) is 0 Å². The molecule has 2 aliphatic heterocycles. The molecule has 0 radical (unpaired) electrons. The predicted molar refractivity (Wildman–Crippen MR) is 221 cm³/mol. The topological polar surface area (TPSA) is 296 Å². The monoisotopic (exact) mass is 1040 g/mol. The third kappa shape index (κ3) is 18.7. The number of benzene rings is 2. The zero-order chi connectivity index (χ0) is 45.3. The molecule has 2 heterocycles. The van der Waals surface area contributed by atoms with E-state index in [1.165, 1.54) is 12.1 Å². The van der Waals surface area contributed by atoms with Gasteiger partial charge in [-0.05, 0) is 75.1 Å². The third-order valence-electron chi connectivity index (χ3n) is 9.83. The van der Waals surface area contributed by atoms with Gasteiger partial charge in [-0.25, -0.2) is 38.4 Å². The summed E-state index contributed by atoms with van der Waals surface area (Å²) in [5.74, 6) is -1.68. The van der Waals surface area contributed by atoms with Crippen LogP contribution < -0.4 is 109 Å². The number of nitrogens with zero attached hydrogens (tertiary/aromatic N) is 2. The van der Waals surface area contributed by atoms with Crippen LogP contribution >= 0.6 is 24.1 Å². The maximum absolute atomic E-state index is 13.2. The summed E-state index contributed by atoms with van der Waals surface area (Å²) in [7, 11) is -17.8. The van der Waals surface area contributed by atoms with Gasteiger partial charge in [-0.15, -0.1) is 9.32 Å². The minimum Gasteiger partial charge on any atom is -0.748 e. The number of hydroxylamine groups is 1. The molecule has 0 aromatic heterocycles. The number of nitrogens with one attached hydrogen (secondary N) is 2. The van der Waals surface area contributed by atoms with E-state index in [1.54, 1.807) is 6.07 Å². The average Bonchev–Trinajstić information content (AvgIpc) is 3.49. The minimum absolute atomic E-state index is 0. The Morgan fingerprint density at radius 3 is 2.03 bits per heavy atom. The number of sulfonamides is 1. The van der Waals surface area contributed by atoms with Crippen LogP contribution in [-0.4, -0.2) is 107 Å². The van der Waals surface area contributed by atoms with Gasteiger partial charge in [0, 0.05) is 94.8 Å². The molecule has 0 aliphatic carbocycles. The van der Waals surface area contributed by atoms with Gasteiger partial charge in [0.2, 0.25) is 15.7 Å². The van der Waals surface area contributed by atoms with Crippen LogP contribution in [0, 0.1) is 0 Å². The molecule has 0 amide bonds. The summed E-state index contributed by atoms with van der Waals surface area (Å²) < 4.78 is 141. The molecule has 2 aromatic carbocycles. The van der Waals surface area contributed by atoms with Crippen molar-refractivity contribution in [1.82, 2.24) is 10.2 Å². The van der Waals surface area contributed by atoms with Crippen molar-refractivity contribution in [3.05, 3.63) is 71.5 Å². The van der Waals surface area contributed by atoms with E-state index in [4.69, 9.17) is 9.32 Å². The molecule has 0 unspecified atom stereocenters. The molecule has 4 rings (SSSR count). The fourth-order valence-electron chi connectivity index (χ4n) is 6.98. The smallest absolute Gasteiger partial charge is 0.748 e. The fourth-order valence-corrected chi connectivity index (χ4v) is 10.4. The number of unbranched alkanes of at least 4 members (excludes halogenated alkanes) is 2. The van der Waals surface area contributed by atoms with E-state index in [-0.39, 0.29) is 119 Å². The van der Waals surface area contributed by atoms with Gasteiger partial charge < -0.3 is 23.8 Å². The van der Waals surface area contributed by atoms with Gasteiger partial charge >= 0.3 is 88.7 Å². The van der Waals surface area contributed by atoms with E-state index < -0.39 is 75.0 Å². The molecule has 2 aliphatic rings. The standard InChI is InChI=1S/C35H50N4O16S6.3Na/c1-34(2)28-24-26(57-54-52-36-16-20-56-55-53-40)12-14-30(28)38(18-5-7-21-58(41,42)43)32(34)10-9-11-33-35(3,4)29-25-27(61(50,51)37-17-23-60(47,48)49)13-15-31(29)39(33)19-6-8-22-59(44,45)46;;;/h9-15,24-25,36-37H,5-8,16-23H2,1-4H3,(H3-,40,41,42,43,44,45,46,47,48,49);;;/q;3*+1/p-3. The molecule has 342 valence electrons. The molecule has 0 atom stereocenters. The number of rotatable bonds is 26. The Kier molecular flexibility index (Phi) is 26.6. The fraction of sp³-hybridized carbons (Fsp3) is 0.514. The van der Waals surface area contributed by atoms with Gasteiger partial charge in [0.25, 0.3) is 0 Å². The van der Waals surface area contributed by atoms with Gasteiger partial charge in [-0.1, -0.05) is 19.9 Å². The summed E-state index contributed by atoms with van der Waals surface area (Å²) in [6.07, 6.45) is 6.46. The summed E-state index contributed by atoms with van der Waals surface area (Å²) >= 11 is 1.71. The van der Waals surface area contributed by atoms with Crippen molar-refractivity contribution in [2.24, 2.45) is 0 Å². The van der Waals surface area contributed by atoms with Crippen LogP contribution in [0.15, 0.2) is 70.1 Å². The first-order valence-corrected chi connectivity index (χ1v) is 26.5. The van der Waals surface area contributed by atoms with Crippen LogP contribution in [0.4, 0.5) is 11.4 Å². The van der Waals surface area contributed by atoms with Crippen LogP contribution in [-0.2, 0) is 69.9 Å². The Hall–Kier alpha value is 0.490. The SMILES string of the molecule is CC1(C)C(C=C/C=C2/N(CCCCS(=O)(=O)[O-])c3ccc(S(=O)(=O)NCCS(=O)(=O)[O-])cc3C2(C)C)=[N+](CCCCS(=O)(=O)[O-])c2ccc(SOONCCSOO[O-])cc21.[Na+].[Na+].[Na+]. The van der Waals surface area contributed by atoms with Gasteiger partial charge in [-0.3, -0.25) is 5.04 Å². The van der Waals surface area contributed by atoms with E-state index in [0.29, 0.717) is 47.0 Å². The summed E-state index contributed by atoms with van der Waals surface area (Å²) in [4.78, 5) is 7.42. The second kappa shape index (κ2) is 27.2. The molecule has 64 heavy (non-hydrogen) atoms. The van der Waals surface area contributed by atoms with Crippen LogP contribution in [0.1, 0.15) is 64.5 Å². The van der Waals surface area contributed by atoms with Crippen LogP contribution in [0.25, 0.3) is 0 Å². The minimum atomic E-state index is -4.67. The Morgan fingerprint density at radius 2 is 1.41 bits per heavy atom. The molecule has 29 heteroatoms. The molecule has 2 aromatic rings. The van der Waals surface area contributed by atoms with E-state index in [9.17, 15) is 52.6 Å². The average molecular weight is 1040 g/mol. The normalized spacial score (nSPS) is 16.4. The molecule has 20 nitrogen and oxygen atoms in total. The maximum atomic E-state index is 13.2. The Balaban J connectivity index is 0.00000683. The first-order chi connectivity index (χ1) is 28.4. The largest absolute Gasteiger partial charge is 1.00 e. The molecule has 0 spiro atoms. The molecule has 0 saturated heterocycles. The zero-order valence-electron chi connectivity index (χ0n) is 36.6. The van der Waals surface area contributed by atoms with Crippen molar-refractivity contribution in [2.45, 2.75) is 74.0 Å². The second-order valence-electron chi connectivity index (χ2n) is 14.9. The van der Waals surface area contributed by atoms with Crippen molar-refractivity contribution < 1.29 is 165 Å². The molecular weight excluding hydrogens is 994 g/mol. The summed E-state index contributed by atoms with van der Waals surface area (Å²) in [6, 6.07) is 10.0. The number of anilines is 1. The first-order valence-electron chi connectivity index (χ1n) is 18.6. The first kappa shape index (κ1) is 62.5. The Labute approximate surface area is 450 Å². The molecule has 0 fully saturated rings. The van der Waals surface area contributed by atoms with Crippen molar-refractivity contribution in [1.29, 1.82) is 0 Å². The van der Waals surface area contributed by atoms with Crippen molar-refractivity contribution >= 4 is 81.5 Å². The van der Waals surface area contributed by atoms with Gasteiger partial charge in [0.15, 0.2) is 5.71 Å². The maximum Gasteiger partial charge on any atom is 1.00 e. The Morgan fingerprint density at radius 1 is 0.766 bits per heavy atom. The van der Waals surface area contributed by atoms with Gasteiger partial charge in [0.1, 0.15) is 6.54 Å². The van der Waals surface area contributed by atoms with E-state index >= 15 is 0 Å². The number of hydrogen-bond acceptors (Lipinski definition) is 20. The summed E-state index contributed by atoms with van der Waals surface area (Å²) in [5.41, 5.74) is 5.55. The van der Waals surface area contributed by atoms with Gasteiger partial charge in [0.05, 0.1) is 58.5 Å². The van der Waals surface area contributed by atoms with Crippen molar-refractivity contribution in [3.8, 4) is 0 Å². The quantitative estimate of drug-likeness (QED) is 0.0168. The van der Waals surface area contributed by atoms with Crippen molar-refractivity contribution in [3.63, 3.8) is 0 Å². The third-order valence-corrected chi connectivity index (χ3v) is 14.7. The zero-order valence-corrected chi connectivity index (χ0v) is 47.5. The van der Waals surface area contributed by atoms with Crippen molar-refractivity contribution in [2.75, 3.05) is 54.1 Å². The second-order valence-corrected chi connectivity index (χ2v) is 22.8. The van der Waals surface area contributed by atoms with Crippen LogP contribution in [0.3, 0.4) is 0 Å². The van der Waals surface area contributed by atoms with E-state index in [1.807, 2.05) is 73.6 Å². The molecule has 2 N–H and O–H groups in total. The van der Waals surface area contributed by atoms with E-state index in [0.717, 1.165) is 41.0 Å². The van der Waals surface area contributed by atoms with Gasteiger partial charge in [-0.2, -0.15) is 14.4 Å². The molecule has 0 saturated carbocycles. The number of hydrogen-bond donors (Lipinski definition) is 2. The molecular formula is C35H47N4Na3O16S6. The molecule has 0 bridgehead atoms. The summed E-state index contributed by atoms with van der Waals surface area (Å²) in [5, 5.41) is 13.1. The Bertz CT molecular complexity index is 2440. The predicted octanol–water partition coefficient (Wildman–Crippen LogP) is -6.88. The number of allylic oxidation sites excluding steroid dienone is 4. The number of fused-ring (bicyclic) bond motifs is 2. The summed E-state index contributed by atoms with van der Waals surface area (Å²) in [6.45, 7) is 8.05. The van der Waals surface area contributed by atoms with Crippen LogP contribution in [0.5, 0.6) is 0 Å².